The zero-order valence-corrected chi connectivity index (χ0v) is 30.9. The molecule has 0 aromatic heterocycles. The number of hydrogen-bond acceptors (Lipinski definition) is 10. The second-order valence-electron chi connectivity index (χ2n) is 13.3. The van der Waals surface area contributed by atoms with Gasteiger partial charge in [0.15, 0.2) is 34.5 Å². The van der Waals surface area contributed by atoms with E-state index in [1.807, 2.05) is 32.0 Å². The van der Waals surface area contributed by atoms with Crippen molar-refractivity contribution in [1.82, 2.24) is 26.2 Å². The molecule has 0 unspecified atom stereocenters. The summed E-state index contributed by atoms with van der Waals surface area (Å²) in [6.45, 7) is 8.31. The number of carbonyl (C=O) groups is 4. The van der Waals surface area contributed by atoms with Crippen LogP contribution in [0.15, 0.2) is 54.6 Å². The standard InChI is InChI=1S/C39H49N5O9/c1-24(2)36-39(48)41-22-26-8-12-30(32(19-26)49-4)53-31-13-10-28(21-33(31)50-5)38(47)40-14-16-44(15-6-7-35(45)42-25(3)37(46)43-36)23-27-9-11-29-34(20-27)52-18-17-51-29/h8-13,19-21,24-25,36H,6-7,14-18,22-23H2,1-5H3,(H,40,47)(H,41,48)(H,42,45)(H,43,46)/t25-,36+/m1/s1. The number of amides is 4. The Labute approximate surface area is 309 Å². The highest BCUT2D eigenvalue weighted by Crippen LogP contribution is 2.37. The minimum Gasteiger partial charge on any atom is -0.493 e. The fourth-order valence-corrected chi connectivity index (χ4v) is 6.02. The van der Waals surface area contributed by atoms with Crippen LogP contribution in [0.1, 0.15) is 55.1 Å². The summed E-state index contributed by atoms with van der Waals surface area (Å²) in [7, 11) is 3.01. The molecule has 14 heteroatoms. The van der Waals surface area contributed by atoms with Gasteiger partial charge in [-0.05, 0) is 79.4 Å². The molecule has 0 saturated heterocycles. The van der Waals surface area contributed by atoms with E-state index >= 15 is 0 Å². The lowest BCUT2D eigenvalue weighted by Crippen LogP contribution is -2.54. The molecule has 0 fully saturated rings. The van der Waals surface area contributed by atoms with Crippen LogP contribution in [0.4, 0.5) is 0 Å². The van der Waals surface area contributed by atoms with E-state index in [-0.39, 0.29) is 36.6 Å². The minimum absolute atomic E-state index is 0.166. The average molecular weight is 732 g/mol. The van der Waals surface area contributed by atoms with Gasteiger partial charge >= 0.3 is 0 Å². The molecule has 4 bridgehead atoms. The van der Waals surface area contributed by atoms with Crippen molar-refractivity contribution < 1.29 is 42.9 Å². The topological polar surface area (TPSA) is 166 Å². The summed E-state index contributed by atoms with van der Waals surface area (Å²) in [5.74, 6) is 1.32. The smallest absolute Gasteiger partial charge is 0.251 e. The van der Waals surface area contributed by atoms with Gasteiger partial charge in [0, 0.05) is 38.2 Å². The van der Waals surface area contributed by atoms with Gasteiger partial charge in [-0.1, -0.05) is 26.0 Å². The van der Waals surface area contributed by atoms with Crippen molar-refractivity contribution >= 4 is 23.6 Å². The highest BCUT2D eigenvalue weighted by molar-refractivity contribution is 5.95. The van der Waals surface area contributed by atoms with Crippen LogP contribution in [0, 0.1) is 5.92 Å². The number of nitrogens with one attached hydrogen (secondary N) is 4. The lowest BCUT2D eigenvalue weighted by atomic mass is 10.0. The fourth-order valence-electron chi connectivity index (χ4n) is 6.02. The van der Waals surface area contributed by atoms with Gasteiger partial charge in [-0.15, -0.1) is 0 Å². The van der Waals surface area contributed by atoms with Crippen molar-refractivity contribution in [2.45, 2.75) is 58.8 Å². The van der Waals surface area contributed by atoms with E-state index in [1.54, 1.807) is 43.3 Å². The number of nitrogens with zero attached hydrogens (tertiary/aromatic N) is 1. The SMILES string of the molecule is COc1cc2ccc1Oc1ccc(cc1OC)C(=O)NCCN(Cc1ccc3c(c1)OCCO3)CCCC(=O)N[C@H](C)C(=O)N[C@@H](C(C)C)C(=O)NC2. The first-order valence-corrected chi connectivity index (χ1v) is 17.8. The van der Waals surface area contributed by atoms with Gasteiger partial charge in [0.1, 0.15) is 25.3 Å². The van der Waals surface area contributed by atoms with Gasteiger partial charge in [0.2, 0.25) is 17.7 Å². The van der Waals surface area contributed by atoms with Crippen LogP contribution < -0.4 is 45.0 Å². The first-order chi connectivity index (χ1) is 25.5. The van der Waals surface area contributed by atoms with E-state index in [1.165, 1.54) is 14.2 Å². The molecule has 2 atom stereocenters. The van der Waals surface area contributed by atoms with Crippen LogP contribution in [-0.4, -0.2) is 87.7 Å². The van der Waals surface area contributed by atoms with Crippen LogP contribution in [0.3, 0.4) is 0 Å². The second kappa shape index (κ2) is 18.3. The Morgan fingerprint density at radius 3 is 2.23 bits per heavy atom. The number of ether oxygens (including phenoxy) is 5. The zero-order chi connectivity index (χ0) is 37.9. The molecule has 284 valence electrons. The maximum atomic E-state index is 13.3. The Morgan fingerprint density at radius 1 is 0.792 bits per heavy atom. The Balaban J connectivity index is 1.37. The minimum atomic E-state index is -0.858. The van der Waals surface area contributed by atoms with Crippen LogP contribution in [0.25, 0.3) is 0 Å². The molecule has 14 nitrogen and oxygen atoms in total. The molecule has 4 N–H and O–H groups in total. The summed E-state index contributed by atoms with van der Waals surface area (Å²) in [6.07, 6.45) is 0.673. The predicted molar refractivity (Wildman–Crippen MR) is 197 cm³/mol. The number of hydrogen-bond donors (Lipinski definition) is 4. The lowest BCUT2D eigenvalue weighted by molar-refractivity contribution is -0.132. The van der Waals surface area contributed by atoms with E-state index in [0.717, 1.165) is 11.1 Å². The monoisotopic (exact) mass is 731 g/mol. The quantitative estimate of drug-likeness (QED) is 0.305. The zero-order valence-electron chi connectivity index (χ0n) is 30.9. The van der Waals surface area contributed by atoms with Gasteiger partial charge in [-0.2, -0.15) is 0 Å². The molecular formula is C39H49N5O9. The highest BCUT2D eigenvalue weighted by atomic mass is 16.6. The summed E-state index contributed by atoms with van der Waals surface area (Å²) >= 11 is 0. The van der Waals surface area contributed by atoms with Crippen molar-refractivity contribution in [3.63, 3.8) is 0 Å². The van der Waals surface area contributed by atoms with Crippen LogP contribution in [0.2, 0.25) is 0 Å². The molecule has 0 aliphatic carbocycles. The van der Waals surface area contributed by atoms with Crippen LogP contribution in [0.5, 0.6) is 34.5 Å². The van der Waals surface area contributed by atoms with Gasteiger partial charge < -0.3 is 45.0 Å². The van der Waals surface area contributed by atoms with E-state index in [4.69, 9.17) is 23.7 Å². The number of fused-ring (bicyclic) bond motifs is 3. The van der Waals surface area contributed by atoms with Gasteiger partial charge in [-0.3, -0.25) is 24.1 Å². The second-order valence-corrected chi connectivity index (χ2v) is 13.3. The van der Waals surface area contributed by atoms with Crippen LogP contribution in [-0.2, 0) is 27.5 Å². The third-order valence-corrected chi connectivity index (χ3v) is 8.96. The summed E-state index contributed by atoms with van der Waals surface area (Å²) in [4.78, 5) is 54.7. The van der Waals surface area contributed by atoms with E-state index in [2.05, 4.69) is 26.2 Å². The summed E-state index contributed by atoms with van der Waals surface area (Å²) in [5, 5.41) is 11.4. The largest absolute Gasteiger partial charge is 0.493 e. The first-order valence-electron chi connectivity index (χ1n) is 17.8. The molecule has 7 rings (SSSR count). The molecule has 0 spiro atoms. The number of benzene rings is 3. The molecular weight excluding hydrogens is 682 g/mol. The molecule has 3 aromatic carbocycles. The Bertz CT molecular complexity index is 1780. The van der Waals surface area contributed by atoms with Crippen molar-refractivity contribution in [3.05, 3.63) is 71.3 Å². The molecule has 53 heavy (non-hydrogen) atoms. The van der Waals surface area contributed by atoms with Crippen molar-refractivity contribution in [2.24, 2.45) is 5.92 Å². The maximum Gasteiger partial charge on any atom is 0.251 e. The fraction of sp³-hybridized carbons (Fsp3) is 0.436. The van der Waals surface area contributed by atoms with Gasteiger partial charge in [-0.25, -0.2) is 0 Å². The lowest BCUT2D eigenvalue weighted by Gasteiger charge is -2.25. The Morgan fingerprint density at radius 2 is 1.49 bits per heavy atom. The number of carbonyl (C=O) groups excluding carboxylic acids is 4. The average Bonchev–Trinajstić information content (AvgIpc) is 3.15. The van der Waals surface area contributed by atoms with E-state index in [9.17, 15) is 19.2 Å². The molecule has 3 aromatic rings. The van der Waals surface area contributed by atoms with E-state index in [0.29, 0.717) is 85.9 Å². The Hall–Kier alpha value is -5.50. The maximum absolute atomic E-state index is 13.3. The number of rotatable bonds is 5. The van der Waals surface area contributed by atoms with Crippen molar-refractivity contribution in [1.29, 1.82) is 0 Å². The van der Waals surface area contributed by atoms with E-state index < -0.39 is 18.0 Å². The van der Waals surface area contributed by atoms with Crippen molar-refractivity contribution in [3.8, 4) is 34.5 Å². The summed E-state index contributed by atoms with van der Waals surface area (Å²) in [5.41, 5.74) is 2.12. The van der Waals surface area contributed by atoms with Gasteiger partial charge in [0.25, 0.3) is 5.91 Å². The number of methoxy groups -OCH3 is 2. The predicted octanol–water partition coefficient (Wildman–Crippen LogP) is 3.55. The summed E-state index contributed by atoms with van der Waals surface area (Å²) in [6, 6.07) is 14.3. The highest BCUT2D eigenvalue weighted by Gasteiger charge is 2.27. The normalized spacial score (nSPS) is 19.4. The summed E-state index contributed by atoms with van der Waals surface area (Å²) < 4.78 is 28.8. The molecule has 0 saturated carbocycles. The molecule has 4 aliphatic heterocycles. The first kappa shape index (κ1) is 38.7. The van der Waals surface area contributed by atoms with Crippen molar-refractivity contribution in [2.75, 3.05) is 47.1 Å². The molecule has 4 heterocycles. The molecule has 0 radical (unpaired) electrons. The van der Waals surface area contributed by atoms with Crippen LogP contribution >= 0.6 is 0 Å². The molecule has 4 amide bonds. The third-order valence-electron chi connectivity index (χ3n) is 8.96. The van der Waals surface area contributed by atoms with Gasteiger partial charge in [0.05, 0.1) is 14.2 Å². The Kier molecular flexibility index (Phi) is 13.4. The molecule has 4 aliphatic rings. The third kappa shape index (κ3) is 10.5.